The zero-order valence-corrected chi connectivity index (χ0v) is 14.6. The van der Waals surface area contributed by atoms with Gasteiger partial charge in [-0.15, -0.1) is 0 Å². The molecule has 0 aliphatic rings. The van der Waals surface area contributed by atoms with Crippen molar-refractivity contribution in [3.8, 4) is 0 Å². The van der Waals surface area contributed by atoms with Crippen LogP contribution in [-0.2, 0) is 9.53 Å². The van der Waals surface area contributed by atoms with Crippen LogP contribution >= 0.6 is 0 Å². The molecule has 1 rings (SSSR count). The van der Waals surface area contributed by atoms with E-state index in [1.807, 2.05) is 12.1 Å². The van der Waals surface area contributed by atoms with E-state index in [2.05, 4.69) is 27.7 Å². The second-order valence-corrected chi connectivity index (χ2v) is 6.89. The van der Waals surface area contributed by atoms with Crippen LogP contribution in [0.15, 0.2) is 24.3 Å². The minimum Gasteiger partial charge on any atom is -0.457 e. The van der Waals surface area contributed by atoms with Crippen LogP contribution in [0.2, 0.25) is 0 Å². The van der Waals surface area contributed by atoms with Crippen LogP contribution in [-0.4, -0.2) is 17.9 Å². The van der Waals surface area contributed by atoms with Crippen molar-refractivity contribution in [2.75, 3.05) is 0 Å². The molecule has 1 aromatic carbocycles. The Hall–Kier alpha value is -1.64. The van der Waals surface area contributed by atoms with Crippen molar-refractivity contribution in [2.45, 2.75) is 60.0 Å². The Morgan fingerprint density at radius 2 is 1.50 bits per heavy atom. The Balaban J connectivity index is 2.89. The topological polar surface area (TPSA) is 43.4 Å². The van der Waals surface area contributed by atoms with Gasteiger partial charge in [-0.2, -0.15) is 0 Å². The number of hydrogen-bond acceptors (Lipinski definition) is 3. The maximum Gasteiger partial charge on any atom is 0.379 e. The number of benzene rings is 1. The summed E-state index contributed by atoms with van der Waals surface area (Å²) in [5.41, 5.74) is 1.61. The molecule has 0 aromatic heterocycles. The Bertz CT molecular complexity index is 498. The molecule has 1 atom stereocenters. The molecule has 1 unspecified atom stereocenters. The Morgan fingerprint density at radius 1 is 0.955 bits per heavy atom. The molecule has 3 heteroatoms. The highest BCUT2D eigenvalue weighted by atomic mass is 16.5. The number of ketones is 1. The van der Waals surface area contributed by atoms with Crippen molar-refractivity contribution < 1.29 is 14.3 Å². The summed E-state index contributed by atoms with van der Waals surface area (Å²) in [6.07, 6.45) is 0.826. The van der Waals surface area contributed by atoms with Gasteiger partial charge in [-0.05, 0) is 43.6 Å². The average Bonchev–Trinajstić information content (AvgIpc) is 2.43. The third-order valence-electron chi connectivity index (χ3n) is 3.66. The van der Waals surface area contributed by atoms with Crippen molar-refractivity contribution >= 4 is 11.8 Å². The highest BCUT2D eigenvalue weighted by Crippen LogP contribution is 2.31. The zero-order valence-electron chi connectivity index (χ0n) is 14.6. The monoisotopic (exact) mass is 304 g/mol. The summed E-state index contributed by atoms with van der Waals surface area (Å²) in [5.74, 6) is 0.256. The second-order valence-electron chi connectivity index (χ2n) is 6.89. The molecule has 0 fully saturated rings. The molecule has 0 N–H and O–H groups in total. The number of ether oxygens (including phenoxy) is 1. The Kier molecular flexibility index (Phi) is 6.79. The lowest BCUT2D eigenvalue weighted by Crippen LogP contribution is -2.21. The van der Waals surface area contributed by atoms with Gasteiger partial charge in [-0.25, -0.2) is 4.79 Å². The van der Waals surface area contributed by atoms with Gasteiger partial charge in [-0.1, -0.05) is 52.0 Å². The molecule has 0 spiro atoms. The highest BCUT2D eigenvalue weighted by molar-refractivity contribution is 6.40. The quantitative estimate of drug-likeness (QED) is 0.420. The lowest BCUT2D eigenvalue weighted by molar-refractivity contribution is -0.141. The van der Waals surface area contributed by atoms with E-state index in [1.165, 1.54) is 5.56 Å². The lowest BCUT2D eigenvalue weighted by Gasteiger charge is -2.23. The molecular formula is C19H28O3. The van der Waals surface area contributed by atoms with Crippen LogP contribution in [0.5, 0.6) is 0 Å². The molecule has 0 saturated heterocycles. The SMILES string of the molecule is CC(C)CC(c1ccc(C(=O)C(=O)OC(C)C)cc1)C(C)C. The molecule has 122 valence electrons. The van der Waals surface area contributed by atoms with E-state index in [0.717, 1.165) is 6.42 Å². The van der Waals surface area contributed by atoms with Crippen molar-refractivity contribution in [3.63, 3.8) is 0 Å². The summed E-state index contributed by atoms with van der Waals surface area (Å²) in [7, 11) is 0. The predicted molar refractivity (Wildman–Crippen MR) is 89.0 cm³/mol. The van der Waals surface area contributed by atoms with Crippen LogP contribution in [0.25, 0.3) is 0 Å². The van der Waals surface area contributed by atoms with Gasteiger partial charge in [0.25, 0.3) is 5.78 Å². The molecular weight excluding hydrogens is 276 g/mol. The Labute approximate surface area is 134 Å². The second kappa shape index (κ2) is 8.11. The fourth-order valence-corrected chi connectivity index (χ4v) is 2.57. The van der Waals surface area contributed by atoms with E-state index >= 15 is 0 Å². The molecule has 22 heavy (non-hydrogen) atoms. The minimum absolute atomic E-state index is 0.285. The number of carbonyl (C=O) groups excluding carboxylic acids is 2. The van der Waals surface area contributed by atoms with Crippen LogP contribution in [0.4, 0.5) is 0 Å². The number of hydrogen-bond donors (Lipinski definition) is 0. The van der Waals surface area contributed by atoms with Crippen LogP contribution in [0.3, 0.4) is 0 Å². The first kappa shape index (κ1) is 18.4. The fraction of sp³-hybridized carbons (Fsp3) is 0.579. The summed E-state index contributed by atoms with van der Waals surface area (Å²) in [5, 5.41) is 0. The normalized spacial score (nSPS) is 12.8. The molecule has 0 bridgehead atoms. The summed E-state index contributed by atoms with van der Waals surface area (Å²) >= 11 is 0. The van der Waals surface area contributed by atoms with Gasteiger partial charge in [0, 0.05) is 5.56 Å². The van der Waals surface area contributed by atoms with E-state index in [4.69, 9.17) is 4.74 Å². The molecule has 0 heterocycles. The van der Waals surface area contributed by atoms with Crippen LogP contribution < -0.4 is 0 Å². The third kappa shape index (κ3) is 5.28. The molecule has 1 aromatic rings. The fourth-order valence-electron chi connectivity index (χ4n) is 2.57. The van der Waals surface area contributed by atoms with Gasteiger partial charge in [0.1, 0.15) is 0 Å². The third-order valence-corrected chi connectivity index (χ3v) is 3.66. The maximum atomic E-state index is 12.0. The van der Waals surface area contributed by atoms with Gasteiger partial charge in [-0.3, -0.25) is 4.79 Å². The molecule has 0 aliphatic carbocycles. The van der Waals surface area contributed by atoms with E-state index in [-0.39, 0.29) is 6.10 Å². The first-order valence-corrected chi connectivity index (χ1v) is 8.07. The summed E-state index contributed by atoms with van der Waals surface area (Å²) in [6.45, 7) is 12.3. The standard InChI is InChI=1S/C19H28O3/c1-12(2)11-17(13(3)4)15-7-9-16(10-8-15)18(20)19(21)22-14(5)6/h7-10,12-14,17H,11H2,1-6H3. The van der Waals surface area contributed by atoms with Gasteiger partial charge >= 0.3 is 5.97 Å². The average molecular weight is 304 g/mol. The molecule has 0 radical (unpaired) electrons. The van der Waals surface area contributed by atoms with Gasteiger partial charge < -0.3 is 4.74 Å². The molecule has 3 nitrogen and oxygen atoms in total. The van der Waals surface area contributed by atoms with Crippen molar-refractivity contribution in [3.05, 3.63) is 35.4 Å². The first-order valence-electron chi connectivity index (χ1n) is 8.07. The van der Waals surface area contributed by atoms with E-state index in [9.17, 15) is 9.59 Å². The summed E-state index contributed by atoms with van der Waals surface area (Å²) in [4.78, 5) is 23.7. The first-order chi connectivity index (χ1) is 10.2. The number of esters is 1. The lowest BCUT2D eigenvalue weighted by atomic mass is 9.82. The summed E-state index contributed by atoms with van der Waals surface area (Å²) < 4.78 is 4.95. The highest BCUT2D eigenvalue weighted by Gasteiger charge is 2.21. The molecule has 0 aliphatic heterocycles. The Morgan fingerprint density at radius 3 is 1.91 bits per heavy atom. The number of carbonyl (C=O) groups is 2. The van der Waals surface area contributed by atoms with Gasteiger partial charge in [0.2, 0.25) is 0 Å². The predicted octanol–water partition coefficient (Wildman–Crippen LogP) is 4.61. The van der Waals surface area contributed by atoms with E-state index in [1.54, 1.807) is 26.0 Å². The molecule has 0 saturated carbocycles. The number of rotatable bonds is 7. The van der Waals surface area contributed by atoms with E-state index in [0.29, 0.717) is 23.3 Å². The van der Waals surface area contributed by atoms with Gasteiger partial charge in [0.15, 0.2) is 0 Å². The van der Waals surface area contributed by atoms with Crippen molar-refractivity contribution in [1.29, 1.82) is 0 Å². The van der Waals surface area contributed by atoms with Gasteiger partial charge in [0.05, 0.1) is 6.10 Å². The largest absolute Gasteiger partial charge is 0.457 e. The zero-order chi connectivity index (χ0) is 16.9. The van der Waals surface area contributed by atoms with Crippen LogP contribution in [0.1, 0.15) is 69.8 Å². The number of Topliss-reactive ketones (excluding diaryl/α,β-unsaturated/α-hetero) is 1. The van der Waals surface area contributed by atoms with Crippen LogP contribution in [0, 0.1) is 11.8 Å². The summed E-state index contributed by atoms with van der Waals surface area (Å²) in [6, 6.07) is 7.38. The minimum atomic E-state index is -0.787. The maximum absolute atomic E-state index is 12.0. The molecule has 0 amide bonds. The van der Waals surface area contributed by atoms with Crippen molar-refractivity contribution in [2.24, 2.45) is 11.8 Å². The van der Waals surface area contributed by atoms with Crippen molar-refractivity contribution in [1.82, 2.24) is 0 Å². The smallest absolute Gasteiger partial charge is 0.379 e. The van der Waals surface area contributed by atoms with E-state index < -0.39 is 11.8 Å².